The standard InChI is InChI=1S/C17H20N2OS/c20-15-13-14(18-16(21)19-15)12-7-3-2-6-11(12)10-17(13)8-4-1-5-9-17/h2-3,6-7,13-14H,1,4-5,8-10H2,(H2,18,19,20,21). The molecule has 4 rings (SSSR count). The lowest BCUT2D eigenvalue weighted by molar-refractivity contribution is -0.132. The predicted octanol–water partition coefficient (Wildman–Crippen LogP) is 2.85. The Labute approximate surface area is 130 Å². The Balaban J connectivity index is 1.84. The van der Waals surface area contributed by atoms with Crippen LogP contribution >= 0.6 is 12.2 Å². The summed E-state index contributed by atoms with van der Waals surface area (Å²) in [6.07, 6.45) is 7.13. The van der Waals surface area contributed by atoms with Crippen LogP contribution in [0, 0.1) is 11.3 Å². The summed E-state index contributed by atoms with van der Waals surface area (Å²) in [4.78, 5) is 12.7. The highest BCUT2D eigenvalue weighted by Crippen LogP contribution is 2.54. The average molecular weight is 300 g/mol. The van der Waals surface area contributed by atoms with E-state index < -0.39 is 0 Å². The fraction of sp³-hybridized carbons (Fsp3) is 0.529. The van der Waals surface area contributed by atoms with Crippen LogP contribution < -0.4 is 10.6 Å². The second-order valence-electron chi connectivity index (χ2n) is 6.72. The third-order valence-electron chi connectivity index (χ3n) is 5.58. The van der Waals surface area contributed by atoms with Crippen LogP contribution in [0.3, 0.4) is 0 Å². The Hall–Kier alpha value is -1.42. The number of carbonyl (C=O) groups excluding carboxylic acids is 1. The molecular formula is C17H20N2OS. The van der Waals surface area contributed by atoms with E-state index in [1.165, 1.54) is 30.4 Å². The summed E-state index contributed by atoms with van der Waals surface area (Å²) in [5.74, 6) is 0.138. The molecule has 110 valence electrons. The van der Waals surface area contributed by atoms with Gasteiger partial charge in [-0.3, -0.25) is 4.79 Å². The molecule has 3 aliphatic rings. The smallest absolute Gasteiger partial charge is 0.232 e. The van der Waals surface area contributed by atoms with Crippen molar-refractivity contribution >= 4 is 23.2 Å². The third kappa shape index (κ3) is 2.00. The van der Waals surface area contributed by atoms with Gasteiger partial charge in [0.05, 0.1) is 12.0 Å². The predicted molar refractivity (Wildman–Crippen MR) is 85.8 cm³/mol. The zero-order valence-corrected chi connectivity index (χ0v) is 12.8. The van der Waals surface area contributed by atoms with Crippen molar-refractivity contribution < 1.29 is 4.79 Å². The fourth-order valence-electron chi connectivity index (χ4n) is 4.72. The summed E-state index contributed by atoms with van der Waals surface area (Å²) in [6, 6.07) is 8.59. The van der Waals surface area contributed by atoms with Gasteiger partial charge in [-0.1, -0.05) is 43.5 Å². The van der Waals surface area contributed by atoms with Crippen molar-refractivity contribution in [2.24, 2.45) is 11.3 Å². The number of fused-ring (bicyclic) bond motifs is 4. The molecule has 0 bridgehead atoms. The first kappa shape index (κ1) is 13.3. The van der Waals surface area contributed by atoms with Gasteiger partial charge in [0.1, 0.15) is 0 Å². The first-order chi connectivity index (χ1) is 10.2. The van der Waals surface area contributed by atoms with Crippen LogP contribution in [0.5, 0.6) is 0 Å². The van der Waals surface area contributed by atoms with Crippen molar-refractivity contribution in [3.05, 3.63) is 35.4 Å². The van der Waals surface area contributed by atoms with Gasteiger partial charge >= 0.3 is 0 Å². The van der Waals surface area contributed by atoms with Gasteiger partial charge in [-0.25, -0.2) is 0 Å². The van der Waals surface area contributed by atoms with Gasteiger partial charge in [-0.2, -0.15) is 0 Å². The molecule has 2 unspecified atom stereocenters. The van der Waals surface area contributed by atoms with E-state index in [0.29, 0.717) is 5.11 Å². The fourth-order valence-corrected chi connectivity index (χ4v) is 4.95. The Morgan fingerprint density at radius 1 is 1.14 bits per heavy atom. The van der Waals surface area contributed by atoms with Crippen molar-refractivity contribution in [3.8, 4) is 0 Å². The van der Waals surface area contributed by atoms with Crippen LogP contribution in [0.1, 0.15) is 49.3 Å². The van der Waals surface area contributed by atoms with Gasteiger partial charge in [0.2, 0.25) is 5.91 Å². The molecule has 2 N–H and O–H groups in total. The normalized spacial score (nSPS) is 30.1. The molecule has 4 heteroatoms. The van der Waals surface area contributed by atoms with Crippen molar-refractivity contribution in [2.45, 2.75) is 44.6 Å². The molecule has 1 saturated heterocycles. The summed E-state index contributed by atoms with van der Waals surface area (Å²) in [6.45, 7) is 0. The highest BCUT2D eigenvalue weighted by Gasteiger charge is 2.53. The Morgan fingerprint density at radius 3 is 2.71 bits per heavy atom. The van der Waals surface area contributed by atoms with Crippen LogP contribution in [0.2, 0.25) is 0 Å². The molecule has 3 nitrogen and oxygen atoms in total. The second kappa shape index (κ2) is 4.80. The quantitative estimate of drug-likeness (QED) is 0.724. The molecule has 1 aromatic carbocycles. The summed E-state index contributed by atoms with van der Waals surface area (Å²) < 4.78 is 0. The monoisotopic (exact) mass is 300 g/mol. The largest absolute Gasteiger partial charge is 0.355 e. The number of rotatable bonds is 0. The molecule has 0 aromatic heterocycles. The van der Waals surface area contributed by atoms with Gasteiger partial charge < -0.3 is 10.6 Å². The van der Waals surface area contributed by atoms with E-state index in [0.717, 1.165) is 19.3 Å². The summed E-state index contributed by atoms with van der Waals surface area (Å²) in [7, 11) is 0. The number of carbonyl (C=O) groups is 1. The summed E-state index contributed by atoms with van der Waals surface area (Å²) >= 11 is 5.23. The molecule has 2 fully saturated rings. The van der Waals surface area contributed by atoms with E-state index in [-0.39, 0.29) is 23.3 Å². The summed E-state index contributed by atoms with van der Waals surface area (Å²) in [5.41, 5.74) is 2.77. The Bertz CT molecular complexity index is 607. The number of hydrogen-bond donors (Lipinski definition) is 2. The molecular weight excluding hydrogens is 280 g/mol. The third-order valence-corrected chi connectivity index (χ3v) is 5.80. The lowest BCUT2D eigenvalue weighted by Crippen LogP contribution is -2.61. The molecule has 0 radical (unpaired) electrons. The maximum Gasteiger partial charge on any atom is 0.232 e. The van der Waals surface area contributed by atoms with Crippen LogP contribution in [0.25, 0.3) is 0 Å². The molecule has 1 aliphatic heterocycles. The van der Waals surface area contributed by atoms with Crippen molar-refractivity contribution in [1.29, 1.82) is 0 Å². The molecule has 1 spiro atoms. The van der Waals surface area contributed by atoms with Crippen LogP contribution in [0.4, 0.5) is 0 Å². The highest BCUT2D eigenvalue weighted by atomic mass is 32.1. The topological polar surface area (TPSA) is 41.1 Å². The maximum atomic E-state index is 12.7. The lowest BCUT2D eigenvalue weighted by Gasteiger charge is -2.52. The molecule has 1 heterocycles. The van der Waals surface area contributed by atoms with Crippen molar-refractivity contribution in [2.75, 3.05) is 0 Å². The van der Waals surface area contributed by atoms with E-state index >= 15 is 0 Å². The number of nitrogens with one attached hydrogen (secondary N) is 2. The van der Waals surface area contributed by atoms with Gasteiger partial charge in [-0.15, -0.1) is 0 Å². The number of thiocarbonyl (C=S) groups is 1. The lowest BCUT2D eigenvalue weighted by atomic mass is 9.56. The molecule has 1 amide bonds. The average Bonchev–Trinajstić information content (AvgIpc) is 2.47. The number of hydrogen-bond acceptors (Lipinski definition) is 2. The number of benzene rings is 1. The van der Waals surface area contributed by atoms with E-state index in [1.54, 1.807) is 0 Å². The van der Waals surface area contributed by atoms with Crippen LogP contribution in [-0.2, 0) is 11.2 Å². The zero-order valence-electron chi connectivity index (χ0n) is 12.0. The van der Waals surface area contributed by atoms with Gasteiger partial charge in [0, 0.05) is 0 Å². The Morgan fingerprint density at radius 2 is 1.90 bits per heavy atom. The van der Waals surface area contributed by atoms with E-state index in [4.69, 9.17) is 12.2 Å². The van der Waals surface area contributed by atoms with Crippen molar-refractivity contribution in [1.82, 2.24) is 10.6 Å². The van der Waals surface area contributed by atoms with E-state index in [9.17, 15) is 4.79 Å². The molecule has 21 heavy (non-hydrogen) atoms. The molecule has 1 aromatic rings. The highest BCUT2D eigenvalue weighted by molar-refractivity contribution is 7.80. The van der Waals surface area contributed by atoms with Crippen LogP contribution in [-0.4, -0.2) is 11.0 Å². The Kier molecular flexibility index (Phi) is 3.03. The minimum absolute atomic E-state index is 0.0133. The first-order valence-electron chi connectivity index (χ1n) is 7.89. The van der Waals surface area contributed by atoms with Gasteiger partial charge in [0.25, 0.3) is 0 Å². The maximum absolute atomic E-state index is 12.7. The molecule has 2 atom stereocenters. The number of amides is 1. The van der Waals surface area contributed by atoms with E-state index in [2.05, 4.69) is 34.9 Å². The zero-order chi connectivity index (χ0) is 14.4. The first-order valence-corrected chi connectivity index (χ1v) is 8.30. The van der Waals surface area contributed by atoms with Gasteiger partial charge in [0.15, 0.2) is 5.11 Å². The van der Waals surface area contributed by atoms with Gasteiger partial charge in [-0.05, 0) is 48.0 Å². The second-order valence-corrected chi connectivity index (χ2v) is 7.12. The van der Waals surface area contributed by atoms with Crippen molar-refractivity contribution in [3.63, 3.8) is 0 Å². The van der Waals surface area contributed by atoms with E-state index in [1.807, 2.05) is 0 Å². The minimum Gasteiger partial charge on any atom is -0.355 e. The summed E-state index contributed by atoms with van der Waals surface area (Å²) in [5, 5.41) is 6.71. The molecule has 2 aliphatic carbocycles. The minimum atomic E-state index is 0.0133. The molecule has 1 saturated carbocycles. The van der Waals surface area contributed by atoms with Crippen LogP contribution in [0.15, 0.2) is 24.3 Å². The SMILES string of the molecule is O=C1NC(=S)NC2c3ccccc3CC3(CCCCC3)C12.